The second-order valence-electron chi connectivity index (χ2n) is 5.90. The van der Waals surface area contributed by atoms with Gasteiger partial charge in [0.25, 0.3) is 5.91 Å². The van der Waals surface area contributed by atoms with Crippen LogP contribution in [0.15, 0.2) is 29.4 Å². The molecule has 0 aliphatic carbocycles. The summed E-state index contributed by atoms with van der Waals surface area (Å²) in [6.45, 7) is 3.48. The summed E-state index contributed by atoms with van der Waals surface area (Å²) in [7, 11) is 0. The van der Waals surface area contributed by atoms with Crippen molar-refractivity contribution in [3.8, 4) is 0 Å². The van der Waals surface area contributed by atoms with Gasteiger partial charge in [-0.25, -0.2) is 0 Å². The number of halogens is 1. The number of hydrogen-bond donors (Lipinski definition) is 0. The summed E-state index contributed by atoms with van der Waals surface area (Å²) >= 11 is 5.89. The van der Waals surface area contributed by atoms with Gasteiger partial charge in [0.15, 0.2) is 0 Å². The first-order chi connectivity index (χ1) is 10.1. The fraction of sp³-hybridized carbons (Fsp3) is 0.500. The maximum absolute atomic E-state index is 12.7. The number of likely N-dealkylation sites (tertiary alicyclic amines) is 1. The van der Waals surface area contributed by atoms with Gasteiger partial charge in [0.05, 0.1) is 5.71 Å². The average Bonchev–Trinajstić information content (AvgIpc) is 2.92. The highest BCUT2D eigenvalue weighted by molar-refractivity contribution is 6.30. The molecule has 2 aliphatic heterocycles. The van der Waals surface area contributed by atoms with Crippen LogP contribution < -0.4 is 0 Å². The van der Waals surface area contributed by atoms with Crippen molar-refractivity contribution < 1.29 is 9.63 Å². The molecular weight excluding hydrogens is 288 g/mol. The van der Waals surface area contributed by atoms with Crippen molar-refractivity contribution in [2.45, 2.75) is 38.2 Å². The molecule has 0 aromatic heterocycles. The number of benzene rings is 1. The SMILES string of the molecule is CC1(C(=O)N2CCCCC2)CC(c2ccc(Cl)cc2)=NO1. The fourth-order valence-electron chi connectivity index (χ4n) is 2.88. The molecule has 0 N–H and O–H groups in total. The van der Waals surface area contributed by atoms with Crippen LogP contribution in [0, 0.1) is 0 Å². The largest absolute Gasteiger partial charge is 0.379 e. The summed E-state index contributed by atoms with van der Waals surface area (Å²) in [4.78, 5) is 20.1. The number of carbonyl (C=O) groups is 1. The molecule has 1 aromatic rings. The molecule has 1 unspecified atom stereocenters. The van der Waals surface area contributed by atoms with E-state index in [0.29, 0.717) is 11.4 Å². The Balaban J connectivity index is 1.71. The minimum Gasteiger partial charge on any atom is -0.379 e. The molecule has 2 heterocycles. The van der Waals surface area contributed by atoms with Gasteiger partial charge in [-0.05, 0) is 43.9 Å². The molecule has 0 saturated carbocycles. The van der Waals surface area contributed by atoms with E-state index in [9.17, 15) is 4.79 Å². The van der Waals surface area contributed by atoms with Gasteiger partial charge >= 0.3 is 0 Å². The standard InChI is InChI=1S/C16H19ClN2O2/c1-16(15(20)19-9-3-2-4-10-19)11-14(18-21-16)12-5-7-13(17)8-6-12/h5-8H,2-4,9-11H2,1H3. The monoisotopic (exact) mass is 306 g/mol. The lowest BCUT2D eigenvalue weighted by molar-refractivity contribution is -0.154. The lowest BCUT2D eigenvalue weighted by Crippen LogP contribution is -2.49. The molecule has 4 nitrogen and oxygen atoms in total. The van der Waals surface area contributed by atoms with E-state index in [0.717, 1.165) is 37.2 Å². The summed E-state index contributed by atoms with van der Waals surface area (Å²) in [6, 6.07) is 7.45. The third-order valence-corrected chi connectivity index (χ3v) is 4.39. The predicted octanol–water partition coefficient (Wildman–Crippen LogP) is 3.24. The zero-order valence-electron chi connectivity index (χ0n) is 12.1. The summed E-state index contributed by atoms with van der Waals surface area (Å²) in [5.41, 5.74) is 0.890. The third kappa shape index (κ3) is 2.91. The van der Waals surface area contributed by atoms with Crippen LogP contribution >= 0.6 is 11.6 Å². The van der Waals surface area contributed by atoms with Gasteiger partial charge in [-0.2, -0.15) is 0 Å². The number of nitrogens with zero attached hydrogens (tertiary/aromatic N) is 2. The summed E-state index contributed by atoms with van der Waals surface area (Å²) in [5, 5.41) is 4.82. The number of rotatable bonds is 2. The summed E-state index contributed by atoms with van der Waals surface area (Å²) < 4.78 is 0. The molecule has 1 aromatic carbocycles. The van der Waals surface area contributed by atoms with Crippen LogP contribution in [0.2, 0.25) is 5.02 Å². The lowest BCUT2D eigenvalue weighted by Gasteiger charge is -2.32. The smallest absolute Gasteiger partial charge is 0.269 e. The van der Waals surface area contributed by atoms with Crippen molar-refractivity contribution in [3.05, 3.63) is 34.9 Å². The molecule has 1 atom stereocenters. The van der Waals surface area contributed by atoms with Crippen LogP contribution in [0.1, 0.15) is 38.2 Å². The molecule has 112 valence electrons. The van der Waals surface area contributed by atoms with Crippen LogP contribution in [0.3, 0.4) is 0 Å². The first kappa shape index (κ1) is 14.4. The van der Waals surface area contributed by atoms with E-state index in [-0.39, 0.29) is 5.91 Å². The van der Waals surface area contributed by atoms with Gasteiger partial charge in [0.2, 0.25) is 5.60 Å². The molecule has 0 radical (unpaired) electrons. The lowest BCUT2D eigenvalue weighted by atomic mass is 9.94. The van der Waals surface area contributed by atoms with E-state index >= 15 is 0 Å². The average molecular weight is 307 g/mol. The molecule has 1 fully saturated rings. The Bertz CT molecular complexity index is 564. The number of oxime groups is 1. The van der Waals surface area contributed by atoms with Crippen LogP contribution in [0.5, 0.6) is 0 Å². The van der Waals surface area contributed by atoms with Crippen molar-refractivity contribution in [3.63, 3.8) is 0 Å². The Hall–Kier alpha value is -1.55. The molecule has 5 heteroatoms. The van der Waals surface area contributed by atoms with E-state index in [2.05, 4.69) is 5.16 Å². The van der Waals surface area contributed by atoms with Gasteiger partial charge in [0, 0.05) is 24.5 Å². The van der Waals surface area contributed by atoms with E-state index in [1.54, 1.807) is 0 Å². The van der Waals surface area contributed by atoms with Gasteiger partial charge in [-0.1, -0.05) is 28.9 Å². The van der Waals surface area contributed by atoms with E-state index in [1.165, 1.54) is 6.42 Å². The number of carbonyl (C=O) groups excluding carboxylic acids is 1. The fourth-order valence-corrected chi connectivity index (χ4v) is 3.01. The number of amides is 1. The minimum atomic E-state index is -0.869. The van der Waals surface area contributed by atoms with Crippen molar-refractivity contribution in [2.75, 3.05) is 13.1 Å². The van der Waals surface area contributed by atoms with E-state index in [1.807, 2.05) is 36.1 Å². The Morgan fingerprint density at radius 2 is 1.90 bits per heavy atom. The predicted molar refractivity (Wildman–Crippen MR) is 82.5 cm³/mol. The normalized spacial score (nSPS) is 25.4. The second kappa shape index (κ2) is 5.68. The zero-order valence-corrected chi connectivity index (χ0v) is 12.9. The Morgan fingerprint density at radius 1 is 1.24 bits per heavy atom. The topological polar surface area (TPSA) is 41.9 Å². The van der Waals surface area contributed by atoms with Gasteiger partial charge in [-0.15, -0.1) is 0 Å². The Kier molecular flexibility index (Phi) is 3.89. The van der Waals surface area contributed by atoms with Crippen LogP contribution in [-0.4, -0.2) is 35.2 Å². The first-order valence-corrected chi connectivity index (χ1v) is 7.77. The molecule has 2 aliphatic rings. The molecule has 1 saturated heterocycles. The van der Waals surface area contributed by atoms with Crippen LogP contribution in [-0.2, 0) is 9.63 Å². The Morgan fingerprint density at radius 3 is 2.57 bits per heavy atom. The highest BCUT2D eigenvalue weighted by Crippen LogP contribution is 2.30. The quantitative estimate of drug-likeness (QED) is 0.842. The van der Waals surface area contributed by atoms with Crippen LogP contribution in [0.4, 0.5) is 0 Å². The summed E-state index contributed by atoms with van der Waals surface area (Å²) in [6.07, 6.45) is 3.86. The van der Waals surface area contributed by atoms with E-state index < -0.39 is 5.60 Å². The van der Waals surface area contributed by atoms with Crippen LogP contribution in [0.25, 0.3) is 0 Å². The molecule has 21 heavy (non-hydrogen) atoms. The molecule has 0 spiro atoms. The van der Waals surface area contributed by atoms with Gasteiger partial charge in [0.1, 0.15) is 0 Å². The van der Waals surface area contributed by atoms with Crippen molar-refractivity contribution >= 4 is 23.2 Å². The Labute approximate surface area is 129 Å². The number of hydrogen-bond acceptors (Lipinski definition) is 3. The molecule has 3 rings (SSSR count). The maximum atomic E-state index is 12.7. The van der Waals surface area contributed by atoms with Gasteiger partial charge < -0.3 is 9.74 Å². The summed E-state index contributed by atoms with van der Waals surface area (Å²) in [5.74, 6) is 0.0508. The zero-order chi connectivity index (χ0) is 14.9. The second-order valence-corrected chi connectivity index (χ2v) is 6.33. The van der Waals surface area contributed by atoms with Crippen molar-refractivity contribution in [2.24, 2.45) is 5.16 Å². The van der Waals surface area contributed by atoms with Crippen molar-refractivity contribution in [1.82, 2.24) is 4.90 Å². The highest BCUT2D eigenvalue weighted by atomic mass is 35.5. The molecular formula is C16H19ClN2O2. The molecule has 0 bridgehead atoms. The highest BCUT2D eigenvalue weighted by Gasteiger charge is 2.44. The first-order valence-electron chi connectivity index (χ1n) is 7.39. The minimum absolute atomic E-state index is 0.0508. The maximum Gasteiger partial charge on any atom is 0.269 e. The van der Waals surface area contributed by atoms with Gasteiger partial charge in [-0.3, -0.25) is 4.79 Å². The number of piperidine rings is 1. The molecule has 1 amide bonds. The van der Waals surface area contributed by atoms with Crippen molar-refractivity contribution in [1.29, 1.82) is 0 Å². The third-order valence-electron chi connectivity index (χ3n) is 4.14. The van der Waals surface area contributed by atoms with E-state index in [4.69, 9.17) is 16.4 Å².